The Labute approximate surface area is 125 Å². The van der Waals surface area contributed by atoms with E-state index in [2.05, 4.69) is 10.2 Å². The van der Waals surface area contributed by atoms with Gasteiger partial charge < -0.3 is 14.8 Å². The SMILES string of the molecule is CC1=C(Cl)CC(N2CCNCC2)C2=C1OCCO2.Cl. The first-order valence-corrected chi connectivity index (χ1v) is 6.95. The molecule has 0 aromatic heterocycles. The highest BCUT2D eigenvalue weighted by Crippen LogP contribution is 2.37. The first-order chi connectivity index (χ1) is 8.77. The van der Waals surface area contributed by atoms with Crippen molar-refractivity contribution in [2.45, 2.75) is 19.4 Å². The maximum Gasteiger partial charge on any atom is 0.162 e. The molecule has 1 unspecified atom stereocenters. The first-order valence-electron chi connectivity index (χ1n) is 6.57. The van der Waals surface area contributed by atoms with Crippen LogP contribution in [0.25, 0.3) is 0 Å². The average molecular weight is 307 g/mol. The summed E-state index contributed by atoms with van der Waals surface area (Å²) in [5.41, 5.74) is 1.04. The maximum atomic E-state index is 6.37. The molecule has 1 N–H and O–H groups in total. The van der Waals surface area contributed by atoms with Gasteiger partial charge in [0.2, 0.25) is 0 Å². The van der Waals surface area contributed by atoms with Gasteiger partial charge in [-0.3, -0.25) is 4.90 Å². The van der Waals surface area contributed by atoms with E-state index in [1.165, 1.54) is 0 Å². The van der Waals surface area contributed by atoms with Crippen LogP contribution in [0.5, 0.6) is 0 Å². The van der Waals surface area contributed by atoms with Crippen LogP contribution in [-0.2, 0) is 9.47 Å². The summed E-state index contributed by atoms with van der Waals surface area (Å²) in [7, 11) is 0. The third-order valence-corrected chi connectivity index (χ3v) is 4.26. The molecule has 1 atom stereocenters. The number of hydrogen-bond acceptors (Lipinski definition) is 4. The van der Waals surface area contributed by atoms with Gasteiger partial charge in [-0.05, 0) is 6.92 Å². The van der Waals surface area contributed by atoms with E-state index < -0.39 is 0 Å². The molecule has 1 fully saturated rings. The number of nitrogens with zero attached hydrogens (tertiary/aromatic N) is 1. The van der Waals surface area contributed by atoms with Gasteiger partial charge in [0.25, 0.3) is 0 Å². The number of ether oxygens (including phenoxy) is 2. The summed E-state index contributed by atoms with van der Waals surface area (Å²) >= 11 is 6.37. The quantitative estimate of drug-likeness (QED) is 0.802. The minimum atomic E-state index is 0. The molecule has 1 aliphatic carbocycles. The Morgan fingerprint density at radius 2 is 1.89 bits per heavy atom. The van der Waals surface area contributed by atoms with Crippen molar-refractivity contribution in [2.75, 3.05) is 39.4 Å². The molecule has 0 bridgehead atoms. The van der Waals surface area contributed by atoms with Gasteiger partial charge in [-0.25, -0.2) is 0 Å². The van der Waals surface area contributed by atoms with Crippen molar-refractivity contribution in [3.63, 3.8) is 0 Å². The van der Waals surface area contributed by atoms with Crippen molar-refractivity contribution < 1.29 is 9.47 Å². The number of hydrogen-bond donors (Lipinski definition) is 1. The maximum absolute atomic E-state index is 6.37. The summed E-state index contributed by atoms with van der Waals surface area (Å²) in [6, 6.07) is 0.249. The predicted molar refractivity (Wildman–Crippen MR) is 77.6 cm³/mol. The fraction of sp³-hybridized carbons (Fsp3) is 0.692. The highest BCUT2D eigenvalue weighted by atomic mass is 35.5. The smallest absolute Gasteiger partial charge is 0.162 e. The van der Waals surface area contributed by atoms with Gasteiger partial charge >= 0.3 is 0 Å². The molecule has 0 amide bonds. The molecular formula is C13H20Cl2N2O2. The van der Waals surface area contributed by atoms with Gasteiger partial charge in [-0.2, -0.15) is 0 Å². The first kappa shape index (κ1) is 15.0. The monoisotopic (exact) mass is 306 g/mol. The van der Waals surface area contributed by atoms with Crippen LogP contribution in [0.15, 0.2) is 22.1 Å². The summed E-state index contributed by atoms with van der Waals surface area (Å²) in [6.45, 7) is 7.41. The molecule has 2 heterocycles. The van der Waals surface area contributed by atoms with Crippen LogP contribution in [0.3, 0.4) is 0 Å². The Hall–Kier alpha value is -0.420. The third kappa shape index (κ3) is 2.87. The standard InChI is InChI=1S/C13H19ClN2O2.ClH/c1-9-10(14)8-11(16-4-2-15-3-5-16)13-12(9)17-6-7-18-13;/h11,15H,2-8H2,1H3;1H. The average Bonchev–Trinajstić information content (AvgIpc) is 2.44. The molecule has 1 saturated heterocycles. The Morgan fingerprint density at radius 3 is 2.63 bits per heavy atom. The zero-order valence-electron chi connectivity index (χ0n) is 11.1. The van der Waals surface area contributed by atoms with Crippen molar-refractivity contribution in [2.24, 2.45) is 0 Å². The van der Waals surface area contributed by atoms with Crippen LogP contribution in [0.2, 0.25) is 0 Å². The molecule has 0 aromatic rings. The van der Waals surface area contributed by atoms with Crippen LogP contribution in [-0.4, -0.2) is 50.3 Å². The molecule has 0 radical (unpaired) electrons. The molecular weight excluding hydrogens is 287 g/mol. The molecule has 19 heavy (non-hydrogen) atoms. The minimum Gasteiger partial charge on any atom is -0.489 e. The zero-order chi connectivity index (χ0) is 12.5. The highest BCUT2D eigenvalue weighted by molar-refractivity contribution is 6.30. The summed E-state index contributed by atoms with van der Waals surface area (Å²) in [5.74, 6) is 1.87. The third-order valence-electron chi connectivity index (χ3n) is 3.83. The number of allylic oxidation sites excluding steroid dienone is 1. The Bertz CT molecular complexity index is 403. The van der Waals surface area contributed by atoms with Crippen molar-refractivity contribution in [3.8, 4) is 0 Å². The van der Waals surface area contributed by atoms with Crippen molar-refractivity contribution in [1.29, 1.82) is 0 Å². The molecule has 0 saturated carbocycles. The molecule has 4 nitrogen and oxygen atoms in total. The number of nitrogens with one attached hydrogen (secondary N) is 1. The molecule has 0 aromatic carbocycles. The lowest BCUT2D eigenvalue weighted by molar-refractivity contribution is 0.0287. The Kier molecular flexibility index (Phi) is 5.01. The van der Waals surface area contributed by atoms with Crippen LogP contribution in [0, 0.1) is 0 Å². The van der Waals surface area contributed by atoms with E-state index in [0.29, 0.717) is 13.2 Å². The Balaban J connectivity index is 0.00000133. The molecule has 3 rings (SSSR count). The van der Waals surface area contributed by atoms with E-state index in [1.807, 2.05) is 6.92 Å². The van der Waals surface area contributed by atoms with Crippen molar-refractivity contribution in [3.05, 3.63) is 22.1 Å². The van der Waals surface area contributed by atoms with Crippen LogP contribution in [0.4, 0.5) is 0 Å². The minimum absolute atomic E-state index is 0. The lowest BCUT2D eigenvalue weighted by atomic mass is 9.97. The lowest BCUT2D eigenvalue weighted by Gasteiger charge is -2.40. The van der Waals surface area contributed by atoms with E-state index >= 15 is 0 Å². The normalized spacial score (nSPS) is 28.2. The predicted octanol–water partition coefficient (Wildman–Crippen LogP) is 1.86. The van der Waals surface area contributed by atoms with Gasteiger partial charge in [0.1, 0.15) is 13.2 Å². The van der Waals surface area contributed by atoms with Gasteiger partial charge in [-0.15, -0.1) is 12.4 Å². The highest BCUT2D eigenvalue weighted by Gasteiger charge is 2.35. The van der Waals surface area contributed by atoms with E-state index in [4.69, 9.17) is 21.1 Å². The van der Waals surface area contributed by atoms with E-state index in [-0.39, 0.29) is 18.4 Å². The molecule has 0 spiro atoms. The van der Waals surface area contributed by atoms with E-state index in [9.17, 15) is 0 Å². The fourth-order valence-electron chi connectivity index (χ4n) is 2.80. The zero-order valence-corrected chi connectivity index (χ0v) is 12.6. The van der Waals surface area contributed by atoms with Crippen LogP contribution in [0.1, 0.15) is 13.3 Å². The lowest BCUT2D eigenvalue weighted by Crippen LogP contribution is -2.50. The summed E-state index contributed by atoms with van der Waals surface area (Å²) in [5, 5.41) is 4.28. The second-order valence-electron chi connectivity index (χ2n) is 4.93. The molecule has 108 valence electrons. The number of rotatable bonds is 1. The topological polar surface area (TPSA) is 33.7 Å². The molecule has 6 heteroatoms. The Morgan fingerprint density at radius 1 is 1.21 bits per heavy atom. The van der Waals surface area contributed by atoms with Gasteiger partial charge in [0.05, 0.1) is 6.04 Å². The number of halogens is 2. The van der Waals surface area contributed by atoms with E-state index in [1.54, 1.807) is 0 Å². The second-order valence-corrected chi connectivity index (χ2v) is 5.38. The van der Waals surface area contributed by atoms with Crippen LogP contribution < -0.4 is 5.32 Å². The number of piperazine rings is 1. The van der Waals surface area contributed by atoms with Crippen molar-refractivity contribution >= 4 is 24.0 Å². The summed E-state index contributed by atoms with van der Waals surface area (Å²) in [4.78, 5) is 2.44. The van der Waals surface area contributed by atoms with Gasteiger partial charge in [0, 0.05) is 43.2 Å². The second kappa shape index (κ2) is 6.35. The molecule has 2 aliphatic heterocycles. The molecule has 3 aliphatic rings. The fourth-order valence-corrected chi connectivity index (χ4v) is 3.03. The van der Waals surface area contributed by atoms with Gasteiger partial charge in [-0.1, -0.05) is 11.6 Å². The summed E-state index contributed by atoms with van der Waals surface area (Å²) < 4.78 is 11.6. The van der Waals surface area contributed by atoms with Gasteiger partial charge in [0.15, 0.2) is 11.5 Å². The summed E-state index contributed by atoms with van der Waals surface area (Å²) in [6.07, 6.45) is 0.843. The van der Waals surface area contributed by atoms with Crippen molar-refractivity contribution in [1.82, 2.24) is 10.2 Å². The van der Waals surface area contributed by atoms with E-state index in [0.717, 1.165) is 54.7 Å². The van der Waals surface area contributed by atoms with Crippen LogP contribution >= 0.6 is 24.0 Å². The largest absolute Gasteiger partial charge is 0.489 e.